The molecule has 0 spiro atoms. The van der Waals surface area contributed by atoms with Crippen LogP contribution in [0, 0.1) is 5.41 Å². The summed E-state index contributed by atoms with van der Waals surface area (Å²) >= 11 is 8.99. The molecule has 0 heterocycles. The molecule has 18 heavy (non-hydrogen) atoms. The van der Waals surface area contributed by atoms with Gasteiger partial charge in [-0.25, -0.2) is 0 Å². The zero-order valence-corrected chi connectivity index (χ0v) is 13.1. The third kappa shape index (κ3) is 5.57. The molecule has 102 valence electrons. The van der Waals surface area contributed by atoms with E-state index in [4.69, 9.17) is 26.5 Å². The van der Waals surface area contributed by atoms with Gasteiger partial charge in [-0.1, -0.05) is 28.1 Å². The van der Waals surface area contributed by atoms with Gasteiger partial charge in [0.15, 0.2) is 6.10 Å². The van der Waals surface area contributed by atoms with Crippen LogP contribution >= 0.6 is 39.9 Å². The number of ether oxygens (including phenoxy) is 2. The number of hydrogen-bond acceptors (Lipinski definition) is 3. The number of alkyl halides is 1. The van der Waals surface area contributed by atoms with Crippen molar-refractivity contribution >= 4 is 45.8 Å². The number of halogens is 3. The van der Waals surface area contributed by atoms with E-state index in [1.165, 1.54) is 0 Å². The third-order valence-electron chi connectivity index (χ3n) is 2.05. The van der Waals surface area contributed by atoms with E-state index in [2.05, 4.69) is 15.9 Å². The number of rotatable bonds is 6. The maximum absolute atomic E-state index is 7.83. The van der Waals surface area contributed by atoms with Crippen molar-refractivity contribution in [3.63, 3.8) is 0 Å². The van der Waals surface area contributed by atoms with Gasteiger partial charge < -0.3 is 9.47 Å². The molecule has 0 aliphatic heterocycles. The lowest BCUT2D eigenvalue weighted by molar-refractivity contribution is 0.0889. The zero-order chi connectivity index (χ0) is 12.7. The number of hydrogen-bond donors (Lipinski definition) is 1. The van der Waals surface area contributed by atoms with E-state index >= 15 is 0 Å². The normalized spacial score (nSPS) is 11.5. The highest BCUT2D eigenvalue weighted by atomic mass is 79.9. The fraction of sp³-hybridized carbons (Fsp3) is 0.417. The van der Waals surface area contributed by atoms with E-state index < -0.39 is 6.10 Å². The van der Waals surface area contributed by atoms with E-state index in [1.807, 2.05) is 31.2 Å². The van der Waals surface area contributed by atoms with E-state index in [0.717, 1.165) is 10.0 Å². The van der Waals surface area contributed by atoms with E-state index in [1.54, 1.807) is 0 Å². The van der Waals surface area contributed by atoms with Gasteiger partial charge in [-0.05, 0) is 24.6 Å². The average molecular weight is 357 g/mol. The summed E-state index contributed by atoms with van der Waals surface area (Å²) in [7, 11) is 0. The van der Waals surface area contributed by atoms with E-state index in [9.17, 15) is 0 Å². The summed E-state index contributed by atoms with van der Waals surface area (Å²) in [6, 6.07) is 7.63. The largest absolute Gasteiger partial charge is 0.479 e. The molecule has 1 aromatic carbocycles. The monoisotopic (exact) mass is 355 g/mol. The molecular formula is C12H16BrCl2NO2. The summed E-state index contributed by atoms with van der Waals surface area (Å²) in [5.41, 5.74) is 0.878. The molecule has 1 unspecified atom stereocenters. The van der Waals surface area contributed by atoms with Crippen molar-refractivity contribution in [3.8, 4) is 0 Å². The number of benzene rings is 1. The van der Waals surface area contributed by atoms with E-state index in [-0.39, 0.29) is 18.3 Å². The third-order valence-corrected chi connectivity index (χ3v) is 2.70. The maximum Gasteiger partial charge on any atom is 0.215 e. The van der Waals surface area contributed by atoms with Crippen LogP contribution in [0.15, 0.2) is 28.7 Å². The lowest BCUT2D eigenvalue weighted by Crippen LogP contribution is -2.19. The Morgan fingerprint density at radius 2 is 2.22 bits per heavy atom. The Hall–Kier alpha value is -0.290. The van der Waals surface area contributed by atoms with Crippen LogP contribution in [0.4, 0.5) is 0 Å². The molecule has 1 aromatic rings. The molecule has 0 radical (unpaired) electrons. The molecule has 1 N–H and O–H groups in total. The minimum absolute atomic E-state index is 0. The van der Waals surface area contributed by atoms with Crippen LogP contribution in [-0.2, 0) is 9.47 Å². The summed E-state index contributed by atoms with van der Waals surface area (Å²) in [5.74, 6) is 0.500. The van der Waals surface area contributed by atoms with Crippen LogP contribution in [0.5, 0.6) is 0 Å². The highest BCUT2D eigenvalue weighted by Gasteiger charge is 2.19. The summed E-state index contributed by atoms with van der Waals surface area (Å²) in [6.07, 6.45) is -0.494. The quantitative estimate of drug-likeness (QED) is 0.472. The highest BCUT2D eigenvalue weighted by molar-refractivity contribution is 9.10. The Bertz CT molecular complexity index is 377. The predicted molar refractivity (Wildman–Crippen MR) is 80.2 cm³/mol. The van der Waals surface area contributed by atoms with Crippen molar-refractivity contribution in [2.45, 2.75) is 13.0 Å². The van der Waals surface area contributed by atoms with Gasteiger partial charge in [-0.2, -0.15) is 0 Å². The summed E-state index contributed by atoms with van der Waals surface area (Å²) in [6.45, 7) is 2.68. The van der Waals surface area contributed by atoms with Crippen molar-refractivity contribution in [3.05, 3.63) is 34.3 Å². The average Bonchev–Trinajstić information content (AvgIpc) is 2.30. The minimum atomic E-state index is -0.494. The predicted octanol–water partition coefficient (Wildman–Crippen LogP) is 4.18. The molecule has 6 heteroatoms. The smallest absolute Gasteiger partial charge is 0.215 e. The molecular weight excluding hydrogens is 341 g/mol. The van der Waals surface area contributed by atoms with Crippen molar-refractivity contribution in [1.29, 1.82) is 5.41 Å². The van der Waals surface area contributed by atoms with Crippen molar-refractivity contribution in [2.24, 2.45) is 0 Å². The molecule has 0 aromatic heterocycles. The van der Waals surface area contributed by atoms with Crippen LogP contribution in [0.1, 0.15) is 18.6 Å². The standard InChI is InChI=1S/C12H15BrClNO2.ClH/c1-2-16-12(15)11(17-7-6-14)9-4-3-5-10(13)8-9;/h3-5,8,11,15H,2,6-7H2,1H3;1H. The lowest BCUT2D eigenvalue weighted by Gasteiger charge is -2.18. The molecule has 1 atom stereocenters. The topological polar surface area (TPSA) is 42.3 Å². The molecule has 0 saturated carbocycles. The Labute approximate surface area is 127 Å². The second-order valence-electron chi connectivity index (χ2n) is 3.29. The summed E-state index contributed by atoms with van der Waals surface area (Å²) < 4.78 is 11.7. The molecule has 1 rings (SSSR count). The fourth-order valence-corrected chi connectivity index (χ4v) is 1.89. The summed E-state index contributed by atoms with van der Waals surface area (Å²) in [4.78, 5) is 0. The fourth-order valence-electron chi connectivity index (χ4n) is 1.39. The van der Waals surface area contributed by atoms with Crippen LogP contribution in [0.3, 0.4) is 0 Å². The van der Waals surface area contributed by atoms with Crippen molar-refractivity contribution < 1.29 is 9.47 Å². The molecule has 0 aliphatic rings. The van der Waals surface area contributed by atoms with E-state index in [0.29, 0.717) is 19.1 Å². The van der Waals surface area contributed by atoms with Crippen molar-refractivity contribution in [2.75, 3.05) is 19.1 Å². The molecule has 3 nitrogen and oxygen atoms in total. The molecule has 0 saturated heterocycles. The number of nitrogens with one attached hydrogen (secondary N) is 1. The van der Waals surface area contributed by atoms with Gasteiger partial charge in [0, 0.05) is 10.4 Å². The Morgan fingerprint density at radius 1 is 1.50 bits per heavy atom. The Balaban J connectivity index is 0.00000289. The minimum Gasteiger partial charge on any atom is -0.479 e. The van der Waals surface area contributed by atoms with Gasteiger partial charge >= 0.3 is 0 Å². The van der Waals surface area contributed by atoms with Gasteiger partial charge in [0.2, 0.25) is 5.90 Å². The van der Waals surface area contributed by atoms with Crippen LogP contribution in [0.2, 0.25) is 0 Å². The SMILES string of the molecule is CCOC(=N)C(OCCCl)c1cccc(Br)c1.Cl. The Morgan fingerprint density at radius 3 is 2.78 bits per heavy atom. The first-order chi connectivity index (χ1) is 8.19. The summed E-state index contributed by atoms with van der Waals surface area (Å²) in [5, 5.41) is 7.83. The molecule has 0 bridgehead atoms. The first-order valence-corrected chi connectivity index (χ1v) is 6.66. The Kier molecular flexibility index (Phi) is 9.46. The highest BCUT2D eigenvalue weighted by Crippen LogP contribution is 2.22. The molecule has 0 aliphatic carbocycles. The van der Waals surface area contributed by atoms with Gasteiger partial charge in [0.25, 0.3) is 0 Å². The first kappa shape index (κ1) is 17.7. The van der Waals surface area contributed by atoms with Gasteiger partial charge in [0.05, 0.1) is 13.2 Å². The van der Waals surface area contributed by atoms with Crippen LogP contribution in [0.25, 0.3) is 0 Å². The van der Waals surface area contributed by atoms with Crippen LogP contribution < -0.4 is 0 Å². The second-order valence-corrected chi connectivity index (χ2v) is 4.59. The van der Waals surface area contributed by atoms with Gasteiger partial charge in [0.1, 0.15) is 0 Å². The van der Waals surface area contributed by atoms with Crippen molar-refractivity contribution in [1.82, 2.24) is 0 Å². The zero-order valence-electron chi connectivity index (χ0n) is 9.99. The second kappa shape index (κ2) is 9.62. The van der Waals surface area contributed by atoms with Gasteiger partial charge in [-0.15, -0.1) is 24.0 Å². The molecule has 0 amide bonds. The maximum atomic E-state index is 7.83. The van der Waals surface area contributed by atoms with Crippen LogP contribution in [-0.4, -0.2) is 25.0 Å². The van der Waals surface area contributed by atoms with Gasteiger partial charge in [-0.3, -0.25) is 5.41 Å². The first-order valence-electron chi connectivity index (χ1n) is 5.33. The molecule has 0 fully saturated rings. The lowest BCUT2D eigenvalue weighted by atomic mass is 10.1.